The second kappa shape index (κ2) is 4.53. The Bertz CT molecular complexity index is 742. The first-order valence-corrected chi connectivity index (χ1v) is 6.39. The summed E-state index contributed by atoms with van der Waals surface area (Å²) in [5.41, 5.74) is 3.34. The largest absolute Gasteiger partial charge is 0.508 e. The van der Waals surface area contributed by atoms with E-state index in [1.54, 1.807) is 24.3 Å². The molecule has 1 heterocycles. The molecule has 0 amide bonds. The molecule has 2 aromatic carbocycles. The van der Waals surface area contributed by atoms with Gasteiger partial charge in [-0.3, -0.25) is 4.79 Å². The van der Waals surface area contributed by atoms with Crippen LogP contribution >= 0.6 is 0 Å². The van der Waals surface area contributed by atoms with E-state index < -0.39 is 0 Å². The van der Waals surface area contributed by atoms with Gasteiger partial charge in [-0.1, -0.05) is 18.2 Å². The third kappa shape index (κ3) is 2.07. The zero-order chi connectivity index (χ0) is 14.3. The number of carbonyl (C=O) groups excluding carboxylic acids is 1. The normalized spacial score (nSPS) is 15.3. The van der Waals surface area contributed by atoms with E-state index in [1.165, 1.54) is 0 Å². The number of aryl methyl sites for hydroxylation is 2. The number of carbonyl (C=O) groups is 1. The highest BCUT2D eigenvalue weighted by molar-refractivity contribution is 6.15. The van der Waals surface area contributed by atoms with Crippen LogP contribution in [0.1, 0.15) is 27.0 Å². The summed E-state index contributed by atoms with van der Waals surface area (Å²) < 4.78 is 5.65. The highest BCUT2D eigenvalue weighted by atomic mass is 16.5. The molecule has 0 saturated carbocycles. The summed E-state index contributed by atoms with van der Waals surface area (Å²) in [6, 6.07) is 10.5. The second-order valence-corrected chi connectivity index (χ2v) is 4.99. The van der Waals surface area contributed by atoms with Crippen molar-refractivity contribution in [2.45, 2.75) is 13.8 Å². The lowest BCUT2D eigenvalue weighted by atomic mass is 10.0. The van der Waals surface area contributed by atoms with Gasteiger partial charge in [-0.25, -0.2) is 0 Å². The molecule has 2 aromatic rings. The number of ketones is 1. The van der Waals surface area contributed by atoms with Crippen LogP contribution in [-0.4, -0.2) is 10.9 Å². The van der Waals surface area contributed by atoms with Gasteiger partial charge < -0.3 is 9.84 Å². The summed E-state index contributed by atoms with van der Waals surface area (Å²) in [5, 5.41) is 9.45. The first kappa shape index (κ1) is 12.5. The fourth-order valence-electron chi connectivity index (χ4n) is 2.45. The van der Waals surface area contributed by atoms with Gasteiger partial charge in [0.1, 0.15) is 11.5 Å². The number of phenols is 1. The Morgan fingerprint density at radius 1 is 1.15 bits per heavy atom. The third-order valence-corrected chi connectivity index (χ3v) is 3.28. The van der Waals surface area contributed by atoms with E-state index in [2.05, 4.69) is 0 Å². The molecule has 1 N–H and O–H groups in total. The lowest BCUT2D eigenvalue weighted by molar-refractivity contribution is 0.101. The minimum absolute atomic E-state index is 0.110. The molecular formula is C17H14O3. The van der Waals surface area contributed by atoms with Crippen LogP contribution in [0.4, 0.5) is 0 Å². The van der Waals surface area contributed by atoms with Crippen LogP contribution in [0.5, 0.6) is 11.5 Å². The number of phenolic OH excluding ortho intramolecular Hbond substituents is 1. The summed E-state index contributed by atoms with van der Waals surface area (Å²) >= 11 is 0. The SMILES string of the molecule is Cc1cc(C)c2c(c1)O/C(=C/c1cccc(O)c1)C2=O. The van der Waals surface area contributed by atoms with Gasteiger partial charge in [0, 0.05) is 0 Å². The van der Waals surface area contributed by atoms with Crippen LogP contribution in [0.15, 0.2) is 42.2 Å². The molecule has 0 fully saturated rings. The third-order valence-electron chi connectivity index (χ3n) is 3.28. The molecule has 0 unspecified atom stereocenters. The second-order valence-electron chi connectivity index (χ2n) is 4.99. The summed E-state index contributed by atoms with van der Waals surface area (Å²) in [4.78, 5) is 12.4. The molecule has 0 saturated heterocycles. The quantitative estimate of drug-likeness (QED) is 0.802. The molecule has 20 heavy (non-hydrogen) atoms. The zero-order valence-corrected chi connectivity index (χ0v) is 11.3. The molecule has 0 aromatic heterocycles. The number of aromatic hydroxyl groups is 1. The Hall–Kier alpha value is -2.55. The predicted molar refractivity (Wildman–Crippen MR) is 77.0 cm³/mol. The highest BCUT2D eigenvalue weighted by Gasteiger charge is 2.29. The van der Waals surface area contributed by atoms with Gasteiger partial charge in [-0.05, 0) is 54.8 Å². The maximum atomic E-state index is 12.4. The van der Waals surface area contributed by atoms with Crippen LogP contribution in [0.25, 0.3) is 6.08 Å². The van der Waals surface area contributed by atoms with Gasteiger partial charge in [0.25, 0.3) is 0 Å². The van der Waals surface area contributed by atoms with Gasteiger partial charge in [0.15, 0.2) is 5.76 Å². The number of benzene rings is 2. The van der Waals surface area contributed by atoms with Gasteiger partial charge in [-0.2, -0.15) is 0 Å². The molecule has 0 bridgehead atoms. The molecule has 100 valence electrons. The van der Waals surface area contributed by atoms with Crippen LogP contribution in [-0.2, 0) is 0 Å². The van der Waals surface area contributed by atoms with Crippen molar-refractivity contribution in [2.75, 3.05) is 0 Å². The maximum Gasteiger partial charge on any atom is 0.232 e. The van der Waals surface area contributed by atoms with Crippen molar-refractivity contribution in [2.24, 2.45) is 0 Å². The van der Waals surface area contributed by atoms with Crippen molar-refractivity contribution in [3.63, 3.8) is 0 Å². The number of allylic oxidation sites excluding steroid dienone is 1. The lowest BCUT2D eigenvalue weighted by Gasteiger charge is -2.01. The molecule has 0 radical (unpaired) electrons. The number of hydrogen-bond acceptors (Lipinski definition) is 3. The average Bonchev–Trinajstić information content (AvgIpc) is 2.66. The monoisotopic (exact) mass is 266 g/mol. The van der Waals surface area contributed by atoms with Crippen LogP contribution in [0.2, 0.25) is 0 Å². The lowest BCUT2D eigenvalue weighted by Crippen LogP contribution is -1.99. The van der Waals surface area contributed by atoms with Gasteiger partial charge in [-0.15, -0.1) is 0 Å². The predicted octanol–water partition coefficient (Wildman–Crippen LogP) is 3.63. The van der Waals surface area contributed by atoms with Crippen molar-refractivity contribution < 1.29 is 14.6 Å². The van der Waals surface area contributed by atoms with E-state index in [0.717, 1.165) is 16.7 Å². The van der Waals surface area contributed by atoms with E-state index in [4.69, 9.17) is 4.74 Å². The van der Waals surface area contributed by atoms with Crippen molar-refractivity contribution in [3.8, 4) is 11.5 Å². The number of ether oxygens (including phenoxy) is 1. The van der Waals surface area contributed by atoms with Crippen molar-refractivity contribution >= 4 is 11.9 Å². The molecule has 0 atom stereocenters. The molecule has 0 aliphatic carbocycles. The van der Waals surface area contributed by atoms with Crippen molar-refractivity contribution in [1.29, 1.82) is 0 Å². The summed E-state index contributed by atoms with van der Waals surface area (Å²) in [5.74, 6) is 0.952. The molecule has 1 aliphatic rings. The average molecular weight is 266 g/mol. The van der Waals surface area contributed by atoms with Gasteiger partial charge in [0.2, 0.25) is 5.78 Å². The number of fused-ring (bicyclic) bond motifs is 1. The Kier molecular flexibility index (Phi) is 2.83. The Balaban J connectivity index is 2.04. The Morgan fingerprint density at radius 2 is 1.95 bits per heavy atom. The molecular weight excluding hydrogens is 252 g/mol. The van der Waals surface area contributed by atoms with Crippen LogP contribution < -0.4 is 4.74 Å². The summed E-state index contributed by atoms with van der Waals surface area (Å²) in [6.07, 6.45) is 1.65. The summed E-state index contributed by atoms with van der Waals surface area (Å²) in [7, 11) is 0. The minimum Gasteiger partial charge on any atom is -0.508 e. The van der Waals surface area contributed by atoms with Crippen LogP contribution in [0, 0.1) is 13.8 Å². The van der Waals surface area contributed by atoms with E-state index in [9.17, 15) is 9.90 Å². The molecule has 3 rings (SSSR count). The minimum atomic E-state index is -0.110. The molecule has 3 heteroatoms. The Morgan fingerprint density at radius 3 is 2.70 bits per heavy atom. The standard InChI is InChI=1S/C17H14O3/c1-10-6-11(2)16-14(7-10)20-15(17(16)19)9-12-4-3-5-13(18)8-12/h3-9,18H,1-2H3/b15-9+. The fraction of sp³-hybridized carbons (Fsp3) is 0.118. The van der Waals surface area contributed by atoms with E-state index >= 15 is 0 Å². The number of rotatable bonds is 1. The first-order chi connectivity index (χ1) is 9.54. The van der Waals surface area contributed by atoms with Gasteiger partial charge in [0.05, 0.1) is 5.56 Å². The topological polar surface area (TPSA) is 46.5 Å². The zero-order valence-electron chi connectivity index (χ0n) is 11.3. The smallest absolute Gasteiger partial charge is 0.232 e. The first-order valence-electron chi connectivity index (χ1n) is 6.39. The van der Waals surface area contributed by atoms with Gasteiger partial charge >= 0.3 is 0 Å². The number of hydrogen-bond donors (Lipinski definition) is 1. The highest BCUT2D eigenvalue weighted by Crippen LogP contribution is 2.35. The van der Waals surface area contributed by atoms with E-state index in [-0.39, 0.29) is 11.5 Å². The Labute approximate surface area is 117 Å². The number of Topliss-reactive ketones (excluding diaryl/α,β-unsaturated/α-hetero) is 1. The van der Waals surface area contributed by atoms with E-state index in [0.29, 0.717) is 17.1 Å². The van der Waals surface area contributed by atoms with Crippen molar-refractivity contribution in [1.82, 2.24) is 0 Å². The molecule has 1 aliphatic heterocycles. The molecule has 0 spiro atoms. The fourth-order valence-corrected chi connectivity index (χ4v) is 2.45. The summed E-state index contributed by atoms with van der Waals surface area (Å²) in [6.45, 7) is 3.88. The van der Waals surface area contributed by atoms with Crippen LogP contribution in [0.3, 0.4) is 0 Å². The maximum absolute atomic E-state index is 12.4. The molecule has 3 nitrogen and oxygen atoms in total. The van der Waals surface area contributed by atoms with Crippen molar-refractivity contribution in [3.05, 3.63) is 64.4 Å². The van der Waals surface area contributed by atoms with E-state index in [1.807, 2.05) is 32.0 Å².